The second-order valence-corrected chi connectivity index (χ2v) is 10.3. The minimum atomic E-state index is -3.72. The Morgan fingerprint density at radius 3 is 2.56 bits per heavy atom. The molecular weight excluding hydrogens is 428 g/mol. The van der Waals surface area contributed by atoms with E-state index >= 15 is 0 Å². The third-order valence-electron chi connectivity index (χ3n) is 6.32. The van der Waals surface area contributed by atoms with E-state index in [1.54, 1.807) is 24.3 Å². The van der Waals surface area contributed by atoms with Crippen LogP contribution >= 0.6 is 0 Å². The van der Waals surface area contributed by atoms with Crippen LogP contribution in [0.2, 0.25) is 0 Å². The molecule has 172 valence electrons. The lowest BCUT2D eigenvalue weighted by molar-refractivity contribution is -0.140. The van der Waals surface area contributed by atoms with Crippen molar-refractivity contribution in [1.29, 1.82) is 0 Å². The van der Waals surface area contributed by atoms with Crippen LogP contribution < -0.4 is 4.72 Å². The predicted molar refractivity (Wildman–Crippen MR) is 120 cm³/mol. The molecule has 0 bridgehead atoms. The van der Waals surface area contributed by atoms with Gasteiger partial charge in [-0.15, -0.1) is 0 Å². The van der Waals surface area contributed by atoms with Crippen LogP contribution in [0.25, 0.3) is 0 Å². The van der Waals surface area contributed by atoms with Crippen molar-refractivity contribution in [2.24, 2.45) is 0 Å². The summed E-state index contributed by atoms with van der Waals surface area (Å²) in [4.78, 5) is 14.9. The quantitative estimate of drug-likeness (QED) is 0.692. The summed E-state index contributed by atoms with van der Waals surface area (Å²) in [5.74, 6) is 0.0277. The van der Waals surface area contributed by atoms with Crippen LogP contribution in [-0.2, 0) is 32.5 Å². The molecule has 3 atom stereocenters. The normalized spacial score (nSPS) is 23.6. The number of hydrogen-bond acceptors (Lipinski definition) is 5. The second-order valence-electron chi connectivity index (χ2n) is 8.64. The van der Waals surface area contributed by atoms with Gasteiger partial charge in [-0.3, -0.25) is 4.79 Å². The molecule has 2 heterocycles. The first-order valence-electron chi connectivity index (χ1n) is 11.1. The summed E-state index contributed by atoms with van der Waals surface area (Å²) in [5, 5.41) is 9.82. The van der Waals surface area contributed by atoms with E-state index in [2.05, 4.69) is 16.9 Å². The predicted octanol–water partition coefficient (Wildman–Crippen LogP) is 2.16. The van der Waals surface area contributed by atoms with E-state index in [4.69, 9.17) is 4.74 Å². The fourth-order valence-corrected chi connectivity index (χ4v) is 5.73. The molecule has 0 aromatic heterocycles. The van der Waals surface area contributed by atoms with E-state index in [1.165, 1.54) is 11.1 Å². The van der Waals surface area contributed by atoms with Gasteiger partial charge in [-0.2, -0.15) is 0 Å². The number of rotatable bonds is 6. The molecule has 2 aliphatic heterocycles. The number of carbonyl (C=O) groups is 1. The van der Waals surface area contributed by atoms with Gasteiger partial charge in [0.25, 0.3) is 0 Å². The number of carbonyl (C=O) groups excluding carboxylic acids is 1. The molecule has 0 unspecified atom stereocenters. The molecule has 1 fully saturated rings. The third-order valence-corrected chi connectivity index (χ3v) is 7.82. The highest BCUT2D eigenvalue weighted by Gasteiger charge is 2.35. The zero-order valence-corrected chi connectivity index (χ0v) is 19.1. The summed E-state index contributed by atoms with van der Waals surface area (Å²) in [7, 11) is -3.72. The first-order chi connectivity index (χ1) is 15.4. The number of ether oxygens (including phenoxy) is 1. The summed E-state index contributed by atoms with van der Waals surface area (Å²) >= 11 is 0. The molecule has 4 rings (SSSR count). The van der Waals surface area contributed by atoms with Crippen molar-refractivity contribution in [3.05, 3.63) is 65.2 Å². The number of benzene rings is 2. The van der Waals surface area contributed by atoms with Gasteiger partial charge >= 0.3 is 0 Å². The molecule has 0 aliphatic carbocycles. The van der Waals surface area contributed by atoms with Crippen LogP contribution in [-0.4, -0.2) is 55.7 Å². The van der Waals surface area contributed by atoms with E-state index in [-0.39, 0.29) is 29.9 Å². The fourth-order valence-electron chi connectivity index (χ4n) is 4.43. The molecular formula is C24H30N2O5S. The van der Waals surface area contributed by atoms with Crippen LogP contribution in [0, 0.1) is 6.92 Å². The van der Waals surface area contributed by atoms with Gasteiger partial charge in [0.1, 0.15) is 0 Å². The van der Waals surface area contributed by atoms with Gasteiger partial charge in [0.05, 0.1) is 36.2 Å². The van der Waals surface area contributed by atoms with Gasteiger partial charge in [-0.05, 0) is 49.4 Å². The molecule has 2 N–H and O–H groups in total. The second kappa shape index (κ2) is 9.70. The number of fused-ring (bicyclic) bond motifs is 1. The minimum Gasteiger partial charge on any atom is -0.394 e. The van der Waals surface area contributed by atoms with Gasteiger partial charge in [0.2, 0.25) is 15.9 Å². The van der Waals surface area contributed by atoms with Gasteiger partial charge < -0.3 is 14.7 Å². The third kappa shape index (κ3) is 5.20. The molecule has 8 heteroatoms. The molecule has 2 aromatic carbocycles. The number of aryl methyl sites for hydroxylation is 1. The molecule has 7 nitrogen and oxygen atoms in total. The van der Waals surface area contributed by atoms with E-state index < -0.39 is 22.2 Å². The van der Waals surface area contributed by atoms with E-state index in [0.29, 0.717) is 25.9 Å². The lowest BCUT2D eigenvalue weighted by Gasteiger charge is -2.37. The molecule has 0 saturated carbocycles. The monoisotopic (exact) mass is 458 g/mol. The van der Waals surface area contributed by atoms with Gasteiger partial charge in [0, 0.05) is 13.1 Å². The molecule has 2 aromatic rings. The Hall–Kier alpha value is -2.26. The number of aliphatic hydroxyl groups is 1. The first kappa shape index (κ1) is 22.9. The maximum atomic E-state index is 12.9. The fraction of sp³-hybridized carbons (Fsp3) is 0.458. The van der Waals surface area contributed by atoms with Crippen LogP contribution in [0.3, 0.4) is 0 Å². The number of amides is 1. The maximum Gasteiger partial charge on any atom is 0.240 e. The summed E-state index contributed by atoms with van der Waals surface area (Å²) in [5.41, 5.74) is 3.44. The Morgan fingerprint density at radius 1 is 1.12 bits per heavy atom. The van der Waals surface area contributed by atoms with E-state index in [9.17, 15) is 18.3 Å². The number of aliphatic hydroxyl groups excluding tert-OH is 1. The van der Waals surface area contributed by atoms with Crippen molar-refractivity contribution in [1.82, 2.24) is 9.62 Å². The molecule has 1 saturated heterocycles. The molecule has 1 amide bonds. The van der Waals surface area contributed by atoms with Gasteiger partial charge in [-0.25, -0.2) is 13.1 Å². The molecule has 0 spiro atoms. The van der Waals surface area contributed by atoms with Crippen LogP contribution in [0.15, 0.2) is 53.4 Å². The van der Waals surface area contributed by atoms with Crippen molar-refractivity contribution in [3.8, 4) is 0 Å². The molecule has 0 radical (unpaired) electrons. The van der Waals surface area contributed by atoms with E-state index in [1.807, 2.05) is 24.0 Å². The van der Waals surface area contributed by atoms with Gasteiger partial charge in [0.15, 0.2) is 0 Å². The average molecular weight is 459 g/mol. The van der Waals surface area contributed by atoms with Gasteiger partial charge in [-0.1, -0.05) is 42.0 Å². The Kier molecular flexibility index (Phi) is 6.95. The lowest BCUT2D eigenvalue weighted by Crippen LogP contribution is -2.51. The average Bonchev–Trinajstić information content (AvgIpc) is 2.79. The van der Waals surface area contributed by atoms with Crippen LogP contribution in [0.1, 0.15) is 36.0 Å². The first-order valence-corrected chi connectivity index (χ1v) is 12.5. The summed E-state index contributed by atoms with van der Waals surface area (Å²) in [6.45, 7) is 2.86. The van der Waals surface area contributed by atoms with Crippen molar-refractivity contribution in [2.45, 2.75) is 62.3 Å². The summed E-state index contributed by atoms with van der Waals surface area (Å²) in [6, 6.07) is 14.2. The topological polar surface area (TPSA) is 95.9 Å². The summed E-state index contributed by atoms with van der Waals surface area (Å²) in [6.07, 6.45) is 1.09. The Balaban J connectivity index is 1.34. The SMILES string of the molecule is Cc1ccc(S(=O)(=O)N[C@H]2CC[C@@H](CC(=O)N3CCc4ccccc4C3)O[C@@H]2CO)cc1. The number of sulfonamides is 1. The zero-order valence-electron chi connectivity index (χ0n) is 18.2. The highest BCUT2D eigenvalue weighted by Crippen LogP contribution is 2.26. The van der Waals surface area contributed by atoms with Crippen molar-refractivity contribution >= 4 is 15.9 Å². The minimum absolute atomic E-state index is 0.0277. The zero-order chi connectivity index (χ0) is 22.7. The highest BCUT2D eigenvalue weighted by molar-refractivity contribution is 7.89. The number of hydrogen-bond donors (Lipinski definition) is 2. The highest BCUT2D eigenvalue weighted by atomic mass is 32.2. The Labute approximate surface area is 189 Å². The standard InChI is InChI=1S/C24H30N2O5S/c1-17-6-9-21(10-7-17)32(29,30)25-22-11-8-20(31-23(22)16-27)14-24(28)26-13-12-18-4-2-3-5-19(18)15-26/h2-7,9-10,20,22-23,25,27H,8,11-16H2,1H3/t20-,22-,23+/m0/s1. The van der Waals surface area contributed by atoms with Crippen LogP contribution in [0.5, 0.6) is 0 Å². The number of nitrogens with zero attached hydrogens (tertiary/aromatic N) is 1. The Bertz CT molecular complexity index is 1050. The van der Waals surface area contributed by atoms with Crippen molar-refractivity contribution in [2.75, 3.05) is 13.2 Å². The lowest BCUT2D eigenvalue weighted by atomic mass is 9.96. The Morgan fingerprint density at radius 2 is 1.84 bits per heavy atom. The molecule has 2 aliphatic rings. The molecule has 32 heavy (non-hydrogen) atoms. The summed E-state index contributed by atoms with van der Waals surface area (Å²) < 4.78 is 34.1. The van der Waals surface area contributed by atoms with Crippen LogP contribution in [0.4, 0.5) is 0 Å². The largest absolute Gasteiger partial charge is 0.394 e. The van der Waals surface area contributed by atoms with E-state index in [0.717, 1.165) is 12.0 Å². The smallest absolute Gasteiger partial charge is 0.240 e. The van der Waals surface area contributed by atoms with Crippen molar-refractivity contribution in [3.63, 3.8) is 0 Å². The maximum absolute atomic E-state index is 12.9. The van der Waals surface area contributed by atoms with Crippen molar-refractivity contribution < 1.29 is 23.1 Å². The number of nitrogens with one attached hydrogen (secondary N) is 1.